The number of pyridine rings is 1. The van der Waals surface area contributed by atoms with Crippen LogP contribution in [-0.4, -0.2) is 22.0 Å². The molecule has 0 aliphatic heterocycles. The van der Waals surface area contributed by atoms with Crippen molar-refractivity contribution in [1.29, 1.82) is 0 Å². The first-order valence-corrected chi connectivity index (χ1v) is 7.22. The third kappa shape index (κ3) is 4.31. The molecule has 1 aromatic carbocycles. The molecule has 2 aromatic rings. The van der Waals surface area contributed by atoms with Crippen LogP contribution < -0.4 is 5.32 Å². The van der Waals surface area contributed by atoms with Gasteiger partial charge in [0, 0.05) is 18.8 Å². The van der Waals surface area contributed by atoms with Crippen LogP contribution in [0.2, 0.25) is 0 Å². The van der Waals surface area contributed by atoms with Gasteiger partial charge in [0.15, 0.2) is 0 Å². The van der Waals surface area contributed by atoms with E-state index < -0.39 is 0 Å². The Balaban J connectivity index is 2.10. The van der Waals surface area contributed by atoms with Crippen LogP contribution in [0, 0.1) is 0 Å². The Morgan fingerprint density at radius 2 is 2.00 bits per heavy atom. The number of aromatic nitrogens is 1. The summed E-state index contributed by atoms with van der Waals surface area (Å²) in [7, 11) is 0. The van der Waals surface area contributed by atoms with E-state index >= 15 is 0 Å². The van der Waals surface area contributed by atoms with Gasteiger partial charge in [0.05, 0.1) is 11.9 Å². The van der Waals surface area contributed by atoms with Gasteiger partial charge in [0.25, 0.3) is 0 Å². The molecule has 4 heteroatoms. The number of nitrogens with zero attached hydrogens (tertiary/aromatic N) is 2. The summed E-state index contributed by atoms with van der Waals surface area (Å²) in [5, 5.41) is 2.90. The van der Waals surface area contributed by atoms with Crippen LogP contribution in [0.15, 0.2) is 54.9 Å². The average Bonchev–Trinajstić information content (AvgIpc) is 2.53. The number of anilines is 1. The maximum atomic E-state index is 12.5. The molecular weight excluding hydrogens is 262 g/mol. The van der Waals surface area contributed by atoms with Crippen molar-refractivity contribution in [3.63, 3.8) is 0 Å². The highest BCUT2D eigenvalue weighted by Crippen LogP contribution is 2.13. The van der Waals surface area contributed by atoms with Gasteiger partial charge in [-0.3, -0.25) is 4.98 Å². The summed E-state index contributed by atoms with van der Waals surface area (Å²) in [5.41, 5.74) is 1.84. The Morgan fingerprint density at radius 1 is 1.24 bits per heavy atom. The lowest BCUT2D eigenvalue weighted by atomic mass is 10.1. The lowest BCUT2D eigenvalue weighted by Gasteiger charge is -2.29. The van der Waals surface area contributed by atoms with Crippen LogP contribution in [0.25, 0.3) is 0 Å². The van der Waals surface area contributed by atoms with Crippen molar-refractivity contribution < 1.29 is 4.79 Å². The van der Waals surface area contributed by atoms with E-state index in [9.17, 15) is 4.79 Å². The number of hydrogen-bond acceptors (Lipinski definition) is 2. The van der Waals surface area contributed by atoms with Crippen molar-refractivity contribution in [3.05, 3.63) is 60.4 Å². The van der Waals surface area contributed by atoms with E-state index in [-0.39, 0.29) is 12.1 Å². The average molecular weight is 283 g/mol. The van der Waals surface area contributed by atoms with Crippen LogP contribution in [0.1, 0.15) is 25.8 Å². The van der Waals surface area contributed by atoms with Gasteiger partial charge < -0.3 is 10.2 Å². The maximum Gasteiger partial charge on any atom is 0.322 e. The minimum atomic E-state index is -0.0961. The number of nitrogens with one attached hydrogen (secondary N) is 1. The molecule has 0 radical (unpaired) electrons. The monoisotopic (exact) mass is 283 g/mol. The van der Waals surface area contributed by atoms with E-state index in [2.05, 4.69) is 24.1 Å². The summed E-state index contributed by atoms with van der Waals surface area (Å²) >= 11 is 0. The predicted molar refractivity (Wildman–Crippen MR) is 85.0 cm³/mol. The number of rotatable bonds is 5. The topological polar surface area (TPSA) is 45.2 Å². The summed E-state index contributed by atoms with van der Waals surface area (Å²) < 4.78 is 0. The molecule has 1 N–H and O–H groups in total. The second-order valence-corrected chi connectivity index (χ2v) is 5.04. The third-order valence-electron chi connectivity index (χ3n) is 3.49. The highest BCUT2D eigenvalue weighted by atomic mass is 16.2. The minimum Gasteiger partial charge on any atom is -0.318 e. The molecule has 21 heavy (non-hydrogen) atoms. The first-order chi connectivity index (χ1) is 10.2. The van der Waals surface area contributed by atoms with Gasteiger partial charge in [-0.25, -0.2) is 4.79 Å². The van der Waals surface area contributed by atoms with Gasteiger partial charge in [-0.15, -0.1) is 0 Å². The lowest BCUT2D eigenvalue weighted by Crippen LogP contribution is -2.40. The number of amides is 2. The van der Waals surface area contributed by atoms with Gasteiger partial charge in [0.1, 0.15) is 0 Å². The highest BCUT2D eigenvalue weighted by Gasteiger charge is 2.19. The lowest BCUT2D eigenvalue weighted by molar-refractivity contribution is 0.187. The zero-order chi connectivity index (χ0) is 15.1. The highest BCUT2D eigenvalue weighted by molar-refractivity contribution is 5.89. The fraction of sp³-hybridized carbons (Fsp3) is 0.294. The van der Waals surface area contributed by atoms with Crippen LogP contribution in [0.4, 0.5) is 10.5 Å². The van der Waals surface area contributed by atoms with E-state index in [0.29, 0.717) is 12.2 Å². The molecule has 0 spiro atoms. The molecule has 1 unspecified atom stereocenters. The molecule has 1 aromatic heterocycles. The maximum absolute atomic E-state index is 12.5. The Bertz CT molecular complexity index is 557. The molecule has 1 heterocycles. The van der Waals surface area contributed by atoms with E-state index in [1.54, 1.807) is 18.5 Å². The third-order valence-corrected chi connectivity index (χ3v) is 3.49. The van der Waals surface area contributed by atoms with Crippen molar-refractivity contribution in [1.82, 2.24) is 9.88 Å². The van der Waals surface area contributed by atoms with E-state index in [4.69, 9.17) is 0 Å². The molecular formula is C17H21N3O. The van der Waals surface area contributed by atoms with E-state index in [0.717, 1.165) is 12.0 Å². The number of carbonyl (C=O) groups excluding carboxylic acids is 1. The Kier molecular flexibility index (Phi) is 5.32. The zero-order valence-corrected chi connectivity index (χ0v) is 12.5. The zero-order valence-electron chi connectivity index (χ0n) is 12.5. The van der Waals surface area contributed by atoms with Crippen molar-refractivity contribution >= 4 is 11.7 Å². The van der Waals surface area contributed by atoms with Gasteiger partial charge in [-0.1, -0.05) is 37.3 Å². The molecule has 0 aliphatic rings. The van der Waals surface area contributed by atoms with Crippen molar-refractivity contribution in [3.8, 4) is 0 Å². The van der Waals surface area contributed by atoms with E-state index in [1.807, 2.05) is 41.3 Å². The minimum absolute atomic E-state index is 0.0961. The second kappa shape index (κ2) is 7.43. The molecule has 0 fully saturated rings. The first-order valence-electron chi connectivity index (χ1n) is 7.22. The second-order valence-electron chi connectivity index (χ2n) is 5.04. The molecule has 2 amide bonds. The predicted octanol–water partition coefficient (Wildman–Crippen LogP) is 3.91. The number of carbonyl (C=O) groups is 1. The summed E-state index contributed by atoms with van der Waals surface area (Å²) in [6.45, 7) is 4.74. The Hall–Kier alpha value is -2.36. The van der Waals surface area contributed by atoms with Crippen LogP contribution >= 0.6 is 0 Å². The molecule has 2 rings (SSSR count). The molecule has 0 aliphatic carbocycles. The SMILES string of the molecule is CCC(C)N(Cc1ccccc1)C(=O)Nc1cccnc1. The number of urea groups is 1. The van der Waals surface area contributed by atoms with Gasteiger partial charge in [0.2, 0.25) is 0 Å². The first kappa shape index (κ1) is 15.0. The smallest absolute Gasteiger partial charge is 0.318 e. The Labute approximate surface area is 125 Å². The van der Waals surface area contributed by atoms with Gasteiger partial charge in [-0.2, -0.15) is 0 Å². The van der Waals surface area contributed by atoms with E-state index in [1.165, 1.54) is 0 Å². The summed E-state index contributed by atoms with van der Waals surface area (Å²) in [5.74, 6) is 0. The normalized spacial score (nSPS) is 11.7. The van der Waals surface area contributed by atoms with Crippen LogP contribution in [0.3, 0.4) is 0 Å². The number of benzene rings is 1. The molecule has 110 valence electrons. The standard InChI is InChI=1S/C17H21N3O/c1-3-14(2)20(13-15-8-5-4-6-9-15)17(21)19-16-10-7-11-18-12-16/h4-12,14H,3,13H2,1-2H3,(H,19,21). The van der Waals surface area contributed by atoms with Crippen LogP contribution in [0.5, 0.6) is 0 Å². The molecule has 0 bridgehead atoms. The summed E-state index contributed by atoms with van der Waals surface area (Å²) in [6.07, 6.45) is 4.24. The summed E-state index contributed by atoms with van der Waals surface area (Å²) in [4.78, 5) is 18.4. The quantitative estimate of drug-likeness (QED) is 0.904. The van der Waals surface area contributed by atoms with Crippen molar-refractivity contribution in [2.24, 2.45) is 0 Å². The largest absolute Gasteiger partial charge is 0.322 e. The van der Waals surface area contributed by atoms with Crippen molar-refractivity contribution in [2.75, 3.05) is 5.32 Å². The molecule has 1 atom stereocenters. The Morgan fingerprint density at radius 3 is 2.62 bits per heavy atom. The molecule has 0 saturated heterocycles. The van der Waals surface area contributed by atoms with Crippen LogP contribution in [-0.2, 0) is 6.54 Å². The fourth-order valence-corrected chi connectivity index (χ4v) is 2.06. The van der Waals surface area contributed by atoms with Gasteiger partial charge in [-0.05, 0) is 31.0 Å². The number of hydrogen-bond donors (Lipinski definition) is 1. The summed E-state index contributed by atoms with van der Waals surface area (Å²) in [6, 6.07) is 13.7. The molecule has 4 nitrogen and oxygen atoms in total. The van der Waals surface area contributed by atoms with Gasteiger partial charge >= 0.3 is 6.03 Å². The van der Waals surface area contributed by atoms with Crippen molar-refractivity contribution in [2.45, 2.75) is 32.9 Å². The fourth-order valence-electron chi connectivity index (χ4n) is 2.06. The molecule has 0 saturated carbocycles.